The van der Waals surface area contributed by atoms with Crippen molar-refractivity contribution in [2.45, 2.75) is 25.3 Å². The molecule has 1 heterocycles. The van der Waals surface area contributed by atoms with E-state index in [0.717, 1.165) is 6.20 Å². The molecule has 0 aliphatic rings. The molecule has 1 atom stereocenters. The molecule has 0 saturated heterocycles. The lowest BCUT2D eigenvalue weighted by Gasteiger charge is -2.28. The van der Waals surface area contributed by atoms with Gasteiger partial charge in [0.1, 0.15) is 5.82 Å². The van der Waals surface area contributed by atoms with Crippen molar-refractivity contribution in [1.82, 2.24) is 4.98 Å². The van der Waals surface area contributed by atoms with Gasteiger partial charge in [-0.25, -0.2) is 8.78 Å². The van der Waals surface area contributed by atoms with Crippen LogP contribution in [0.1, 0.15) is 24.6 Å². The second-order valence-electron chi connectivity index (χ2n) is 4.98. The lowest BCUT2D eigenvalue weighted by atomic mass is 9.85. The number of hydrogen-bond donors (Lipinski definition) is 1. The number of halogens is 2. The van der Waals surface area contributed by atoms with E-state index in [1.165, 1.54) is 19.2 Å². The fourth-order valence-corrected chi connectivity index (χ4v) is 2.26. The van der Waals surface area contributed by atoms with E-state index < -0.39 is 17.2 Å². The van der Waals surface area contributed by atoms with Gasteiger partial charge in [0.25, 0.3) is 0 Å². The molecule has 0 bridgehead atoms. The molecule has 0 amide bonds. The van der Waals surface area contributed by atoms with Crippen LogP contribution in [-0.2, 0) is 12.0 Å². The molecule has 2 N–H and O–H groups in total. The summed E-state index contributed by atoms with van der Waals surface area (Å²) in [6, 6.07) is 7.78. The highest BCUT2D eigenvalue weighted by molar-refractivity contribution is 5.33. The van der Waals surface area contributed by atoms with Crippen molar-refractivity contribution < 1.29 is 13.5 Å². The molecule has 1 aromatic carbocycles. The van der Waals surface area contributed by atoms with Crippen LogP contribution in [0.15, 0.2) is 36.5 Å². The summed E-state index contributed by atoms with van der Waals surface area (Å²) in [5, 5.41) is 0. The van der Waals surface area contributed by atoms with Crippen molar-refractivity contribution in [2.75, 3.05) is 7.11 Å². The third-order valence-corrected chi connectivity index (χ3v) is 3.64. The van der Waals surface area contributed by atoms with Gasteiger partial charge in [-0.2, -0.15) is 0 Å². The number of aromatic nitrogens is 1. The van der Waals surface area contributed by atoms with Gasteiger partial charge in [-0.15, -0.1) is 0 Å². The first kappa shape index (κ1) is 15.4. The van der Waals surface area contributed by atoms with E-state index in [-0.39, 0.29) is 12.2 Å². The molecular weight excluding hydrogens is 274 g/mol. The monoisotopic (exact) mass is 292 g/mol. The maximum atomic E-state index is 14.3. The normalized spacial score (nSPS) is 13.8. The molecule has 2 aromatic rings. The van der Waals surface area contributed by atoms with Crippen LogP contribution < -0.4 is 10.5 Å². The molecule has 112 valence electrons. The molecule has 0 spiro atoms. The number of nitrogens with two attached hydrogens (primary N) is 1. The minimum atomic E-state index is -0.860. The third-order valence-electron chi connectivity index (χ3n) is 3.64. The van der Waals surface area contributed by atoms with Crippen molar-refractivity contribution in [3.05, 3.63) is 59.4 Å². The lowest BCUT2D eigenvalue weighted by Crippen LogP contribution is -2.39. The summed E-state index contributed by atoms with van der Waals surface area (Å²) in [5.41, 5.74) is 6.49. The Labute approximate surface area is 122 Å². The van der Waals surface area contributed by atoms with Gasteiger partial charge in [0, 0.05) is 0 Å². The number of rotatable bonds is 5. The second kappa shape index (κ2) is 6.18. The van der Waals surface area contributed by atoms with Crippen LogP contribution in [0.5, 0.6) is 5.75 Å². The van der Waals surface area contributed by atoms with E-state index in [1.807, 2.05) is 6.92 Å². The quantitative estimate of drug-likeness (QED) is 0.920. The summed E-state index contributed by atoms with van der Waals surface area (Å²) >= 11 is 0. The number of nitrogens with zero attached hydrogens (tertiary/aromatic N) is 1. The molecular formula is C16H18F2N2O. The zero-order valence-electron chi connectivity index (χ0n) is 12.1. The molecule has 1 aromatic heterocycles. The van der Waals surface area contributed by atoms with Gasteiger partial charge < -0.3 is 10.5 Å². The van der Waals surface area contributed by atoms with Gasteiger partial charge in [-0.05, 0) is 36.6 Å². The summed E-state index contributed by atoms with van der Waals surface area (Å²) in [6.45, 7) is 1.89. The van der Waals surface area contributed by atoms with Crippen LogP contribution in [0.2, 0.25) is 0 Å². The molecule has 0 fully saturated rings. The predicted octanol–water partition coefficient (Wildman–Crippen LogP) is 3.18. The second-order valence-corrected chi connectivity index (χ2v) is 4.98. The Bertz CT molecular complexity index is 616. The van der Waals surface area contributed by atoms with Crippen LogP contribution in [0.4, 0.5) is 8.78 Å². The maximum Gasteiger partial charge on any atom is 0.168 e. The zero-order valence-corrected chi connectivity index (χ0v) is 12.1. The largest absolute Gasteiger partial charge is 0.494 e. The van der Waals surface area contributed by atoms with E-state index in [9.17, 15) is 8.78 Å². The first-order valence-electron chi connectivity index (χ1n) is 6.72. The first-order chi connectivity index (χ1) is 10.00. The average Bonchev–Trinajstić information content (AvgIpc) is 2.50. The predicted molar refractivity (Wildman–Crippen MR) is 77.0 cm³/mol. The summed E-state index contributed by atoms with van der Waals surface area (Å²) in [6.07, 6.45) is 1.92. The highest BCUT2D eigenvalue weighted by Gasteiger charge is 2.29. The minimum Gasteiger partial charge on any atom is -0.494 e. The molecule has 0 radical (unpaired) electrons. The number of ether oxygens (including phenoxy) is 1. The third kappa shape index (κ3) is 3.19. The molecule has 0 aliphatic carbocycles. The highest BCUT2D eigenvalue weighted by Crippen LogP contribution is 2.29. The van der Waals surface area contributed by atoms with Crippen molar-refractivity contribution in [2.24, 2.45) is 5.73 Å². The molecule has 5 heteroatoms. The number of hydrogen-bond acceptors (Lipinski definition) is 3. The molecule has 0 aliphatic heterocycles. The van der Waals surface area contributed by atoms with E-state index in [2.05, 4.69) is 4.98 Å². The van der Waals surface area contributed by atoms with Crippen LogP contribution >= 0.6 is 0 Å². The smallest absolute Gasteiger partial charge is 0.168 e. The lowest BCUT2D eigenvalue weighted by molar-refractivity contribution is 0.372. The molecule has 3 nitrogen and oxygen atoms in total. The zero-order chi connectivity index (χ0) is 15.5. The van der Waals surface area contributed by atoms with Crippen molar-refractivity contribution in [3.63, 3.8) is 0 Å². The van der Waals surface area contributed by atoms with E-state index >= 15 is 0 Å². The Morgan fingerprint density at radius 2 is 2.00 bits per heavy atom. The fraction of sp³-hybridized carbons (Fsp3) is 0.312. The Kier molecular flexibility index (Phi) is 4.53. The number of methoxy groups -OCH3 is 1. The first-order valence-corrected chi connectivity index (χ1v) is 6.72. The SMILES string of the molecule is CCC(N)(Cc1cccc(OC)c1F)c1ccc(F)cn1. The molecule has 0 saturated carbocycles. The molecule has 2 rings (SSSR count). The van der Waals surface area contributed by atoms with E-state index in [1.54, 1.807) is 18.2 Å². The topological polar surface area (TPSA) is 48.1 Å². The summed E-state index contributed by atoms with van der Waals surface area (Å²) in [5.74, 6) is -0.673. The van der Waals surface area contributed by atoms with Crippen LogP contribution in [0.3, 0.4) is 0 Å². The minimum absolute atomic E-state index is 0.179. The van der Waals surface area contributed by atoms with Gasteiger partial charge in [0.2, 0.25) is 0 Å². The standard InChI is InChI=1S/C16H18F2N2O/c1-3-16(19,14-8-7-12(17)10-20-14)9-11-5-4-6-13(21-2)15(11)18/h4-8,10H,3,9,19H2,1-2H3. The summed E-state index contributed by atoms with van der Waals surface area (Å²) in [4.78, 5) is 4.04. The van der Waals surface area contributed by atoms with Gasteiger partial charge >= 0.3 is 0 Å². The molecule has 1 unspecified atom stereocenters. The fourth-order valence-electron chi connectivity index (χ4n) is 2.26. The summed E-state index contributed by atoms with van der Waals surface area (Å²) in [7, 11) is 1.42. The van der Waals surface area contributed by atoms with E-state index in [4.69, 9.17) is 10.5 Å². The van der Waals surface area contributed by atoms with Crippen LogP contribution in [-0.4, -0.2) is 12.1 Å². The van der Waals surface area contributed by atoms with Gasteiger partial charge in [0.15, 0.2) is 11.6 Å². The van der Waals surface area contributed by atoms with Gasteiger partial charge in [-0.1, -0.05) is 19.1 Å². The Balaban J connectivity index is 2.36. The average molecular weight is 292 g/mol. The van der Waals surface area contributed by atoms with Crippen molar-refractivity contribution in [1.29, 1.82) is 0 Å². The highest BCUT2D eigenvalue weighted by atomic mass is 19.1. The Hall–Kier alpha value is -2.01. The molecule has 21 heavy (non-hydrogen) atoms. The summed E-state index contributed by atoms with van der Waals surface area (Å²) < 4.78 is 32.2. The van der Waals surface area contributed by atoms with Crippen molar-refractivity contribution in [3.8, 4) is 5.75 Å². The van der Waals surface area contributed by atoms with Crippen LogP contribution in [0, 0.1) is 11.6 Å². The van der Waals surface area contributed by atoms with Crippen molar-refractivity contribution >= 4 is 0 Å². The Morgan fingerprint density at radius 3 is 2.57 bits per heavy atom. The van der Waals surface area contributed by atoms with Crippen LogP contribution in [0.25, 0.3) is 0 Å². The van der Waals surface area contributed by atoms with Gasteiger partial charge in [0.05, 0.1) is 24.5 Å². The van der Waals surface area contributed by atoms with E-state index in [0.29, 0.717) is 17.7 Å². The number of benzene rings is 1. The maximum absolute atomic E-state index is 14.3. The number of pyridine rings is 1. The Morgan fingerprint density at radius 1 is 1.24 bits per heavy atom. The van der Waals surface area contributed by atoms with Gasteiger partial charge in [-0.3, -0.25) is 4.98 Å².